The van der Waals surface area contributed by atoms with Gasteiger partial charge in [-0.05, 0) is 83.2 Å². The third-order valence-electron chi connectivity index (χ3n) is 7.47. The van der Waals surface area contributed by atoms with Crippen LogP contribution in [0.4, 0.5) is 0 Å². The number of nitrogens with two attached hydrogens (primary N) is 2. The van der Waals surface area contributed by atoms with Gasteiger partial charge in [-0.3, -0.25) is 0 Å². The minimum Gasteiger partial charge on any atom is -0.507 e. The molecule has 0 bridgehead atoms. The number of hydrogen-bond donors (Lipinski definition) is 6. The van der Waals surface area contributed by atoms with E-state index in [2.05, 4.69) is 43.2 Å². The molecule has 8 nitrogen and oxygen atoms in total. The normalized spacial score (nSPS) is 21.1. The molecule has 37 heavy (non-hydrogen) atoms. The first-order chi connectivity index (χ1) is 17.4. The summed E-state index contributed by atoms with van der Waals surface area (Å²) in [5, 5.41) is 25.9. The van der Waals surface area contributed by atoms with Crippen LogP contribution in [0.1, 0.15) is 77.3 Å². The smallest absolute Gasteiger partial charge is 0.132 e. The maximum Gasteiger partial charge on any atom is 0.132 e. The van der Waals surface area contributed by atoms with Crippen LogP contribution in [0.5, 0.6) is 11.5 Å². The number of ether oxygens (including phenoxy) is 1. The van der Waals surface area contributed by atoms with Gasteiger partial charge < -0.3 is 42.3 Å². The van der Waals surface area contributed by atoms with E-state index in [4.69, 9.17) is 21.6 Å². The molecule has 1 saturated carbocycles. The van der Waals surface area contributed by atoms with Gasteiger partial charge in [0.15, 0.2) is 0 Å². The molecule has 0 atom stereocenters. The number of phenolic OH excluding ortho intramolecular Hbond substituents is 1. The molecule has 0 unspecified atom stereocenters. The number of phenols is 1. The van der Waals surface area contributed by atoms with Crippen molar-refractivity contribution in [1.29, 1.82) is 5.41 Å². The summed E-state index contributed by atoms with van der Waals surface area (Å²) in [5.41, 5.74) is 15.0. The maximum absolute atomic E-state index is 10.9. The molecule has 1 saturated heterocycles. The van der Waals surface area contributed by atoms with Crippen LogP contribution in [0.25, 0.3) is 11.3 Å². The summed E-state index contributed by atoms with van der Waals surface area (Å²) in [7, 11) is 3.55. The zero-order valence-electron chi connectivity index (χ0n) is 23.3. The number of benzene rings is 1. The number of aromatic hydroxyl groups is 1. The van der Waals surface area contributed by atoms with Crippen LogP contribution >= 0.6 is 0 Å². The zero-order chi connectivity index (χ0) is 27.4. The molecule has 8 heteroatoms. The second-order valence-corrected chi connectivity index (χ2v) is 11.7. The maximum atomic E-state index is 10.9. The monoisotopic (exact) mass is 510 g/mol. The lowest BCUT2D eigenvalue weighted by molar-refractivity contribution is 0.0981. The van der Waals surface area contributed by atoms with Crippen molar-refractivity contribution in [2.75, 3.05) is 14.2 Å². The van der Waals surface area contributed by atoms with Gasteiger partial charge in [0.2, 0.25) is 0 Å². The van der Waals surface area contributed by atoms with Crippen LogP contribution in [-0.2, 0) is 0 Å². The van der Waals surface area contributed by atoms with Gasteiger partial charge in [-0.25, -0.2) is 0 Å². The Morgan fingerprint density at radius 3 is 2.32 bits per heavy atom. The highest BCUT2D eigenvalue weighted by Crippen LogP contribution is 2.36. The summed E-state index contributed by atoms with van der Waals surface area (Å²) < 4.78 is 5.58. The summed E-state index contributed by atoms with van der Waals surface area (Å²) in [5.74, 6) is 1.02. The second kappa shape index (κ2) is 11.5. The molecule has 204 valence electrons. The van der Waals surface area contributed by atoms with Crippen LogP contribution in [-0.4, -0.2) is 53.5 Å². The van der Waals surface area contributed by atoms with Crippen LogP contribution in [0.2, 0.25) is 0 Å². The Kier molecular flexibility index (Phi) is 8.84. The summed E-state index contributed by atoms with van der Waals surface area (Å²) in [6, 6.07) is 4.12. The standard InChI is InChI=1S/C29H46N6O2/c1-28(2)15-22(16-29(3,4)34-28)35(5)26(32)12-11-23(31)27-24(36)13-19(14-25(27)37-6)20(17-30)18-33-21-9-7-8-10-21/h11-14,17-18,21-22,30,33-34,36H,7-10,15-16,31-32H2,1-6H3/b20-18+,23-11-,26-12+,30-17?. The first-order valence-corrected chi connectivity index (χ1v) is 13.2. The Balaban J connectivity index is 1.82. The number of allylic oxidation sites excluding steroid dienone is 3. The Labute approximate surface area is 222 Å². The SMILES string of the molecule is COc1cc(/C(C=N)=C/NC2CCCC2)cc(O)c1/C(N)=C/C=C(\N)N(C)C1CC(C)(C)NC(C)(C)C1. The van der Waals surface area contributed by atoms with Gasteiger partial charge in [0, 0.05) is 53.9 Å². The van der Waals surface area contributed by atoms with Crippen molar-refractivity contribution in [1.82, 2.24) is 15.5 Å². The van der Waals surface area contributed by atoms with Gasteiger partial charge >= 0.3 is 0 Å². The van der Waals surface area contributed by atoms with E-state index in [1.807, 2.05) is 13.2 Å². The minimum absolute atomic E-state index is 0.00707. The lowest BCUT2D eigenvalue weighted by Crippen LogP contribution is -2.61. The second-order valence-electron chi connectivity index (χ2n) is 11.7. The van der Waals surface area contributed by atoms with Crippen molar-refractivity contribution in [2.24, 2.45) is 11.5 Å². The molecule has 0 radical (unpaired) electrons. The molecule has 0 spiro atoms. The van der Waals surface area contributed by atoms with Crippen molar-refractivity contribution < 1.29 is 9.84 Å². The molecule has 3 rings (SSSR count). The average molecular weight is 511 g/mol. The number of nitrogens with zero attached hydrogens (tertiary/aromatic N) is 1. The van der Waals surface area contributed by atoms with Crippen molar-refractivity contribution in [3.63, 3.8) is 0 Å². The van der Waals surface area contributed by atoms with Gasteiger partial charge in [0.05, 0.1) is 18.5 Å². The van der Waals surface area contributed by atoms with E-state index in [0.29, 0.717) is 40.0 Å². The lowest BCUT2D eigenvalue weighted by Gasteiger charge is -2.49. The highest BCUT2D eigenvalue weighted by Gasteiger charge is 2.39. The number of piperidine rings is 1. The largest absolute Gasteiger partial charge is 0.507 e. The van der Waals surface area contributed by atoms with Crippen molar-refractivity contribution in [2.45, 2.75) is 89.4 Å². The van der Waals surface area contributed by atoms with Crippen LogP contribution in [0.15, 0.2) is 36.3 Å². The van der Waals surface area contributed by atoms with Crippen molar-refractivity contribution >= 4 is 17.5 Å². The van der Waals surface area contributed by atoms with E-state index in [-0.39, 0.29) is 22.9 Å². The van der Waals surface area contributed by atoms with Crippen LogP contribution in [0.3, 0.4) is 0 Å². The van der Waals surface area contributed by atoms with E-state index < -0.39 is 0 Å². The van der Waals surface area contributed by atoms with E-state index in [9.17, 15) is 5.11 Å². The fourth-order valence-corrected chi connectivity index (χ4v) is 5.86. The molecule has 0 aromatic heterocycles. The van der Waals surface area contributed by atoms with Gasteiger partial charge in [0.25, 0.3) is 0 Å². The quantitative estimate of drug-likeness (QED) is 0.216. The molecule has 1 aromatic rings. The molecular formula is C29H46N6O2. The summed E-state index contributed by atoms with van der Waals surface area (Å²) >= 11 is 0. The highest BCUT2D eigenvalue weighted by molar-refractivity contribution is 6.08. The molecule has 2 fully saturated rings. The number of nitrogens with one attached hydrogen (secondary N) is 3. The molecule has 1 aliphatic heterocycles. The average Bonchev–Trinajstić information content (AvgIpc) is 3.33. The number of hydrogen-bond acceptors (Lipinski definition) is 8. The van der Waals surface area contributed by atoms with E-state index in [0.717, 1.165) is 25.7 Å². The third-order valence-corrected chi connectivity index (χ3v) is 7.47. The first-order valence-electron chi connectivity index (χ1n) is 13.2. The van der Waals surface area contributed by atoms with Crippen molar-refractivity contribution in [3.05, 3.63) is 47.4 Å². The topological polar surface area (TPSA) is 133 Å². The Hall–Kier alpha value is -3.13. The zero-order valence-corrected chi connectivity index (χ0v) is 23.3. The fourth-order valence-electron chi connectivity index (χ4n) is 5.86. The lowest BCUT2D eigenvalue weighted by atomic mass is 9.79. The van der Waals surface area contributed by atoms with E-state index >= 15 is 0 Å². The third kappa shape index (κ3) is 7.22. The molecule has 8 N–H and O–H groups in total. The number of methoxy groups -OCH3 is 1. The van der Waals surface area contributed by atoms with E-state index in [1.165, 1.54) is 19.1 Å². The summed E-state index contributed by atoms with van der Waals surface area (Å²) in [6.45, 7) is 8.87. The Morgan fingerprint density at radius 1 is 1.14 bits per heavy atom. The van der Waals surface area contributed by atoms with Crippen LogP contribution < -0.4 is 26.8 Å². The molecule has 2 aliphatic rings. The Morgan fingerprint density at radius 2 is 1.76 bits per heavy atom. The Bertz CT molecular complexity index is 1050. The van der Waals surface area contributed by atoms with E-state index in [1.54, 1.807) is 31.4 Å². The molecule has 1 heterocycles. The first kappa shape index (κ1) is 28.4. The number of rotatable bonds is 9. The van der Waals surface area contributed by atoms with Crippen molar-refractivity contribution in [3.8, 4) is 11.5 Å². The molecule has 1 aromatic carbocycles. The van der Waals surface area contributed by atoms with Gasteiger partial charge in [-0.15, -0.1) is 0 Å². The molecule has 0 amide bonds. The minimum atomic E-state index is -0.0149. The summed E-state index contributed by atoms with van der Waals surface area (Å²) in [4.78, 5) is 2.10. The van der Waals surface area contributed by atoms with Crippen LogP contribution in [0, 0.1) is 5.41 Å². The summed E-state index contributed by atoms with van der Waals surface area (Å²) in [6.07, 6.45) is 13.3. The fraction of sp³-hybridized carbons (Fsp3) is 0.552. The van der Waals surface area contributed by atoms with Gasteiger partial charge in [0.1, 0.15) is 11.5 Å². The molecular weight excluding hydrogens is 464 g/mol. The van der Waals surface area contributed by atoms with Gasteiger partial charge in [-0.1, -0.05) is 12.8 Å². The van der Waals surface area contributed by atoms with Gasteiger partial charge in [-0.2, -0.15) is 0 Å². The highest BCUT2D eigenvalue weighted by atomic mass is 16.5. The predicted molar refractivity (Wildman–Crippen MR) is 153 cm³/mol. The predicted octanol–water partition coefficient (Wildman–Crippen LogP) is 4.26. The molecule has 1 aliphatic carbocycles.